The topological polar surface area (TPSA) is 92.4 Å². The lowest BCUT2D eigenvalue weighted by Crippen LogP contribution is -2.35. The highest BCUT2D eigenvalue weighted by atomic mass is 35.5. The summed E-state index contributed by atoms with van der Waals surface area (Å²) in [5, 5.41) is 8.30. The van der Waals surface area contributed by atoms with Gasteiger partial charge >= 0.3 is 6.03 Å². The third kappa shape index (κ3) is 5.29. The highest BCUT2D eigenvalue weighted by molar-refractivity contribution is 6.35. The molecule has 2 rings (SSSR count). The van der Waals surface area contributed by atoms with E-state index in [1.165, 1.54) is 19.4 Å². The van der Waals surface area contributed by atoms with Crippen molar-refractivity contribution >= 4 is 46.5 Å². The second kappa shape index (κ2) is 8.37. The summed E-state index contributed by atoms with van der Waals surface area (Å²) < 4.78 is 4.92. The summed E-state index contributed by atoms with van der Waals surface area (Å²) in [6.07, 6.45) is 1.43. The van der Waals surface area contributed by atoms with Gasteiger partial charge in [-0.3, -0.25) is 4.79 Å². The van der Waals surface area contributed by atoms with Crippen LogP contribution in [0.1, 0.15) is 0 Å². The molecule has 0 aliphatic rings. The summed E-state index contributed by atoms with van der Waals surface area (Å²) in [5.41, 5.74) is 0.835. The van der Waals surface area contributed by atoms with Crippen molar-refractivity contribution in [3.05, 3.63) is 46.6 Å². The Balaban J connectivity index is 1.82. The summed E-state index contributed by atoms with van der Waals surface area (Å²) in [4.78, 5) is 27.5. The van der Waals surface area contributed by atoms with Crippen LogP contribution in [-0.4, -0.2) is 30.6 Å². The number of hydrogen-bond donors (Lipinski definition) is 3. The number of halogens is 2. The minimum absolute atomic E-state index is 0.238. The maximum atomic E-state index is 11.8. The van der Waals surface area contributed by atoms with Crippen molar-refractivity contribution < 1.29 is 14.3 Å². The minimum atomic E-state index is -0.547. The zero-order chi connectivity index (χ0) is 17.5. The van der Waals surface area contributed by atoms with E-state index < -0.39 is 11.9 Å². The first kappa shape index (κ1) is 17.8. The number of nitrogens with zero attached hydrogens (tertiary/aromatic N) is 1. The van der Waals surface area contributed by atoms with Crippen molar-refractivity contribution in [1.29, 1.82) is 0 Å². The number of methoxy groups -OCH3 is 1. The number of aromatic nitrogens is 1. The molecule has 0 saturated carbocycles. The van der Waals surface area contributed by atoms with Gasteiger partial charge in [-0.2, -0.15) is 0 Å². The second-order valence-corrected chi connectivity index (χ2v) is 5.41. The van der Waals surface area contributed by atoms with Crippen LogP contribution in [0.15, 0.2) is 36.5 Å². The number of carbonyl (C=O) groups excluding carboxylic acids is 2. The molecule has 3 N–H and O–H groups in total. The van der Waals surface area contributed by atoms with Gasteiger partial charge in [-0.1, -0.05) is 23.2 Å². The zero-order valence-electron chi connectivity index (χ0n) is 12.6. The summed E-state index contributed by atoms with van der Waals surface area (Å²) in [6.45, 7) is -0.238. The van der Waals surface area contributed by atoms with Crippen molar-refractivity contribution in [2.45, 2.75) is 0 Å². The SMILES string of the molecule is COc1ccc(NC(=O)NCC(=O)Nc2cc(Cl)ccc2Cl)cn1. The Labute approximate surface area is 148 Å². The van der Waals surface area contributed by atoms with E-state index in [4.69, 9.17) is 27.9 Å². The Morgan fingerprint density at radius 1 is 1.17 bits per heavy atom. The molecule has 1 aromatic carbocycles. The number of rotatable bonds is 5. The van der Waals surface area contributed by atoms with Crippen molar-refractivity contribution in [3.8, 4) is 5.88 Å². The predicted octanol–water partition coefficient (Wildman–Crippen LogP) is 3.16. The molecule has 1 heterocycles. The fourth-order valence-electron chi connectivity index (χ4n) is 1.70. The van der Waals surface area contributed by atoms with Gasteiger partial charge in [0.1, 0.15) is 0 Å². The number of pyridine rings is 1. The first-order valence-electron chi connectivity index (χ1n) is 6.77. The van der Waals surface area contributed by atoms with E-state index >= 15 is 0 Å². The largest absolute Gasteiger partial charge is 0.481 e. The number of anilines is 2. The van der Waals surface area contributed by atoms with Crippen molar-refractivity contribution in [2.24, 2.45) is 0 Å². The van der Waals surface area contributed by atoms with Crippen LogP contribution < -0.4 is 20.7 Å². The molecule has 0 aliphatic heterocycles. The molecule has 9 heteroatoms. The molecule has 0 unspecified atom stereocenters. The monoisotopic (exact) mass is 368 g/mol. The molecule has 126 valence electrons. The molecule has 0 saturated heterocycles. The van der Waals surface area contributed by atoms with Crippen molar-refractivity contribution in [3.63, 3.8) is 0 Å². The molecule has 3 amide bonds. The van der Waals surface area contributed by atoms with Gasteiger partial charge in [-0.05, 0) is 24.3 Å². The average molecular weight is 369 g/mol. The van der Waals surface area contributed by atoms with E-state index in [1.54, 1.807) is 24.3 Å². The quantitative estimate of drug-likeness (QED) is 0.755. The predicted molar refractivity (Wildman–Crippen MR) is 92.9 cm³/mol. The summed E-state index contributed by atoms with van der Waals surface area (Å²) in [7, 11) is 1.49. The number of amides is 3. The van der Waals surface area contributed by atoms with Crippen LogP contribution in [0.3, 0.4) is 0 Å². The number of benzene rings is 1. The molecule has 1 aromatic heterocycles. The van der Waals surface area contributed by atoms with E-state index in [2.05, 4.69) is 20.9 Å². The van der Waals surface area contributed by atoms with E-state index in [1.807, 2.05) is 0 Å². The average Bonchev–Trinajstić information content (AvgIpc) is 2.57. The molecule has 2 aromatic rings. The fraction of sp³-hybridized carbons (Fsp3) is 0.133. The van der Waals surface area contributed by atoms with Gasteiger partial charge in [0.15, 0.2) is 0 Å². The highest BCUT2D eigenvalue weighted by Gasteiger charge is 2.09. The second-order valence-electron chi connectivity index (χ2n) is 4.57. The van der Waals surface area contributed by atoms with E-state index in [9.17, 15) is 9.59 Å². The van der Waals surface area contributed by atoms with Gasteiger partial charge in [-0.25, -0.2) is 9.78 Å². The molecular weight excluding hydrogens is 355 g/mol. The number of ether oxygens (including phenoxy) is 1. The van der Waals surface area contributed by atoms with Gasteiger partial charge in [0.2, 0.25) is 11.8 Å². The van der Waals surface area contributed by atoms with Crippen LogP contribution >= 0.6 is 23.2 Å². The molecule has 0 spiro atoms. The Hall–Kier alpha value is -2.51. The lowest BCUT2D eigenvalue weighted by molar-refractivity contribution is -0.115. The zero-order valence-corrected chi connectivity index (χ0v) is 14.1. The Morgan fingerprint density at radius 2 is 1.96 bits per heavy atom. The van der Waals surface area contributed by atoms with Crippen LogP contribution in [0.4, 0.5) is 16.2 Å². The lowest BCUT2D eigenvalue weighted by atomic mass is 10.3. The van der Waals surface area contributed by atoms with Crippen LogP contribution in [0.5, 0.6) is 5.88 Å². The van der Waals surface area contributed by atoms with Crippen molar-refractivity contribution in [2.75, 3.05) is 24.3 Å². The third-order valence-corrected chi connectivity index (χ3v) is 3.38. The Kier molecular flexibility index (Phi) is 6.22. The Bertz CT molecular complexity index is 738. The summed E-state index contributed by atoms with van der Waals surface area (Å²) in [6, 6.07) is 7.37. The lowest BCUT2D eigenvalue weighted by Gasteiger charge is -2.10. The molecule has 0 aliphatic carbocycles. The summed E-state index contributed by atoms with van der Waals surface area (Å²) in [5.74, 6) is -0.0130. The molecular formula is C15H14Cl2N4O3. The molecule has 0 fully saturated rings. The van der Waals surface area contributed by atoms with Crippen LogP contribution in [-0.2, 0) is 4.79 Å². The maximum Gasteiger partial charge on any atom is 0.319 e. The standard InChI is InChI=1S/C15H14Cl2N4O3/c1-24-14-5-3-10(7-18-14)20-15(23)19-8-13(22)21-12-6-9(16)2-4-11(12)17/h2-7H,8H2,1H3,(H,21,22)(H2,19,20,23). The summed E-state index contributed by atoms with van der Waals surface area (Å²) >= 11 is 11.8. The van der Waals surface area contributed by atoms with Crippen LogP contribution in [0.2, 0.25) is 10.0 Å². The molecule has 0 radical (unpaired) electrons. The molecule has 0 atom stereocenters. The highest BCUT2D eigenvalue weighted by Crippen LogP contribution is 2.25. The van der Waals surface area contributed by atoms with Gasteiger partial charge in [0.25, 0.3) is 0 Å². The smallest absolute Gasteiger partial charge is 0.319 e. The number of nitrogens with one attached hydrogen (secondary N) is 3. The number of urea groups is 1. The van der Waals surface area contributed by atoms with Crippen molar-refractivity contribution in [1.82, 2.24) is 10.3 Å². The number of hydrogen-bond acceptors (Lipinski definition) is 4. The first-order chi connectivity index (χ1) is 11.5. The van der Waals surface area contributed by atoms with Gasteiger partial charge in [0, 0.05) is 11.1 Å². The van der Waals surface area contributed by atoms with Gasteiger partial charge in [0.05, 0.1) is 36.2 Å². The maximum absolute atomic E-state index is 11.8. The van der Waals surface area contributed by atoms with E-state index in [0.717, 1.165) is 0 Å². The molecule has 0 bridgehead atoms. The van der Waals surface area contributed by atoms with Gasteiger partial charge in [-0.15, -0.1) is 0 Å². The minimum Gasteiger partial charge on any atom is -0.481 e. The van der Waals surface area contributed by atoms with E-state index in [-0.39, 0.29) is 6.54 Å². The fourth-order valence-corrected chi connectivity index (χ4v) is 2.04. The van der Waals surface area contributed by atoms with Crippen LogP contribution in [0, 0.1) is 0 Å². The number of carbonyl (C=O) groups is 2. The van der Waals surface area contributed by atoms with Gasteiger partial charge < -0.3 is 20.7 Å². The van der Waals surface area contributed by atoms with Crippen LogP contribution in [0.25, 0.3) is 0 Å². The normalized spacial score (nSPS) is 9.96. The molecule has 24 heavy (non-hydrogen) atoms. The van der Waals surface area contributed by atoms with E-state index in [0.29, 0.717) is 27.3 Å². The molecule has 7 nitrogen and oxygen atoms in total. The third-order valence-electron chi connectivity index (χ3n) is 2.82. The first-order valence-corrected chi connectivity index (χ1v) is 7.53. The Morgan fingerprint density at radius 3 is 2.62 bits per heavy atom.